The minimum atomic E-state index is -1.45. The van der Waals surface area contributed by atoms with Crippen LogP contribution in [0.15, 0.2) is 73.3 Å². The van der Waals surface area contributed by atoms with Gasteiger partial charge >= 0.3 is 7.12 Å². The van der Waals surface area contributed by atoms with Gasteiger partial charge in [-0.25, -0.2) is 4.57 Å². The van der Waals surface area contributed by atoms with Crippen LogP contribution in [0.25, 0.3) is 11.1 Å². The van der Waals surface area contributed by atoms with Crippen molar-refractivity contribution in [2.24, 2.45) is 0 Å². The Hall–Kier alpha value is -2.02. The summed E-state index contributed by atoms with van der Waals surface area (Å²) >= 11 is 0. The molecule has 1 aromatic carbocycles. The van der Waals surface area contributed by atoms with E-state index in [1.54, 1.807) is 24.5 Å². The molecule has 2 N–H and O–H groups in total. The lowest BCUT2D eigenvalue weighted by Crippen LogP contribution is -2.40. The molecule has 0 fully saturated rings. The van der Waals surface area contributed by atoms with E-state index in [0.717, 1.165) is 16.7 Å². The van der Waals surface area contributed by atoms with Crippen molar-refractivity contribution in [2.45, 2.75) is 6.54 Å². The Kier molecular flexibility index (Phi) is 6.04. The maximum Gasteiger partial charge on any atom is 0.488 e. The normalized spacial score (nSPS) is 10.0. The van der Waals surface area contributed by atoms with Crippen molar-refractivity contribution < 1.29 is 14.6 Å². The van der Waals surface area contributed by atoms with E-state index in [1.165, 1.54) is 0 Å². The predicted octanol–water partition coefficient (Wildman–Crippen LogP) is 1.34. The van der Waals surface area contributed by atoms with E-state index in [9.17, 15) is 10.0 Å². The molecule has 2 heterocycles. The van der Waals surface area contributed by atoms with Gasteiger partial charge in [-0.1, -0.05) is 24.3 Å². The van der Waals surface area contributed by atoms with Gasteiger partial charge in [0.15, 0.2) is 18.9 Å². The standard InChI is InChI=1S/C17H16BN2O2.BrH/c21-18(22)17-4-2-1-3-16(17)13-20-11-7-15(8-12-20)14-5-9-19-10-6-14;/h1-12,21-22H,13H2;1H/q+1;. The first-order chi connectivity index (χ1) is 10.7. The van der Waals surface area contributed by atoms with E-state index in [-0.39, 0.29) is 17.0 Å². The summed E-state index contributed by atoms with van der Waals surface area (Å²) in [6, 6.07) is 15.3. The second-order valence-electron chi connectivity index (χ2n) is 5.07. The van der Waals surface area contributed by atoms with Crippen molar-refractivity contribution >= 4 is 29.6 Å². The summed E-state index contributed by atoms with van der Waals surface area (Å²) in [6.45, 7) is 0.588. The largest absolute Gasteiger partial charge is 0.488 e. The Morgan fingerprint density at radius 1 is 0.870 bits per heavy atom. The lowest BCUT2D eigenvalue weighted by Gasteiger charge is -2.06. The molecule has 0 saturated carbocycles. The third kappa shape index (κ3) is 4.25. The maximum absolute atomic E-state index is 9.42. The molecule has 0 bridgehead atoms. The summed E-state index contributed by atoms with van der Waals surface area (Å²) in [5, 5.41) is 18.8. The zero-order valence-electron chi connectivity index (χ0n) is 12.4. The van der Waals surface area contributed by atoms with Crippen molar-refractivity contribution in [3.8, 4) is 11.1 Å². The summed E-state index contributed by atoms with van der Waals surface area (Å²) in [5.74, 6) is 0. The molecule has 4 nitrogen and oxygen atoms in total. The van der Waals surface area contributed by atoms with Gasteiger partial charge in [0.2, 0.25) is 0 Å². The smallest absolute Gasteiger partial charge is 0.423 e. The Bertz CT molecular complexity index is 752. The topological polar surface area (TPSA) is 57.2 Å². The average molecular weight is 372 g/mol. The highest BCUT2D eigenvalue weighted by atomic mass is 79.9. The summed E-state index contributed by atoms with van der Waals surface area (Å²) in [4.78, 5) is 4.02. The van der Waals surface area contributed by atoms with Crippen LogP contribution in [0, 0.1) is 0 Å². The third-order valence-electron chi connectivity index (χ3n) is 3.59. The molecule has 0 radical (unpaired) electrons. The van der Waals surface area contributed by atoms with Crippen LogP contribution in [0.3, 0.4) is 0 Å². The first kappa shape index (κ1) is 17.3. The van der Waals surface area contributed by atoms with E-state index in [1.807, 2.05) is 53.4 Å². The highest BCUT2D eigenvalue weighted by Crippen LogP contribution is 2.15. The molecule has 3 rings (SSSR count). The molecule has 23 heavy (non-hydrogen) atoms. The van der Waals surface area contributed by atoms with Crippen molar-refractivity contribution in [2.75, 3.05) is 0 Å². The average Bonchev–Trinajstić information content (AvgIpc) is 2.57. The van der Waals surface area contributed by atoms with Crippen molar-refractivity contribution in [1.29, 1.82) is 0 Å². The predicted molar refractivity (Wildman–Crippen MR) is 95.6 cm³/mol. The van der Waals surface area contributed by atoms with Crippen LogP contribution in [-0.4, -0.2) is 22.2 Å². The number of aromatic nitrogens is 2. The second-order valence-corrected chi connectivity index (χ2v) is 5.07. The molecule has 0 aliphatic carbocycles. The number of nitrogens with zero attached hydrogens (tertiary/aromatic N) is 2. The van der Waals surface area contributed by atoms with Gasteiger partial charge in [-0.05, 0) is 28.7 Å². The van der Waals surface area contributed by atoms with Gasteiger partial charge in [-0.15, -0.1) is 17.0 Å². The summed E-state index contributed by atoms with van der Waals surface area (Å²) in [7, 11) is -1.45. The molecule has 0 unspecified atom stereocenters. The molecule has 3 aromatic rings. The Labute approximate surface area is 146 Å². The summed E-state index contributed by atoms with van der Waals surface area (Å²) in [6.07, 6.45) is 7.51. The van der Waals surface area contributed by atoms with Crippen molar-refractivity contribution in [1.82, 2.24) is 4.98 Å². The molecule has 2 aromatic heterocycles. The number of pyridine rings is 2. The highest BCUT2D eigenvalue weighted by molar-refractivity contribution is 8.93. The molecule has 6 heteroatoms. The van der Waals surface area contributed by atoms with Gasteiger partial charge in [0, 0.05) is 30.1 Å². The zero-order valence-corrected chi connectivity index (χ0v) is 14.1. The molecule has 0 atom stereocenters. The number of hydrogen-bond acceptors (Lipinski definition) is 3. The van der Waals surface area contributed by atoms with Crippen LogP contribution in [0.1, 0.15) is 5.56 Å². The molecule has 0 aliphatic rings. The second kappa shape index (κ2) is 8.01. The SMILES string of the molecule is Br.OB(O)c1ccccc1C[n+]1ccc(-c2ccncc2)cc1. The Morgan fingerprint density at radius 2 is 1.48 bits per heavy atom. The van der Waals surface area contributed by atoms with Gasteiger partial charge in [0.05, 0.1) is 0 Å². The maximum atomic E-state index is 9.42. The van der Waals surface area contributed by atoms with Crippen LogP contribution in [0.2, 0.25) is 0 Å². The van der Waals surface area contributed by atoms with E-state index < -0.39 is 7.12 Å². The van der Waals surface area contributed by atoms with E-state index in [0.29, 0.717) is 12.0 Å². The fourth-order valence-corrected chi connectivity index (χ4v) is 2.43. The Balaban J connectivity index is 0.00000192. The van der Waals surface area contributed by atoms with Crippen LogP contribution in [-0.2, 0) is 6.54 Å². The third-order valence-corrected chi connectivity index (χ3v) is 3.59. The number of rotatable bonds is 4. The van der Waals surface area contributed by atoms with Gasteiger partial charge in [0.1, 0.15) is 0 Å². The van der Waals surface area contributed by atoms with Gasteiger partial charge in [0.25, 0.3) is 0 Å². The van der Waals surface area contributed by atoms with Gasteiger partial charge in [-0.2, -0.15) is 0 Å². The van der Waals surface area contributed by atoms with Crippen LogP contribution in [0.5, 0.6) is 0 Å². The van der Waals surface area contributed by atoms with Crippen LogP contribution < -0.4 is 10.0 Å². The molecular weight excluding hydrogens is 355 g/mol. The van der Waals surface area contributed by atoms with E-state index in [4.69, 9.17) is 0 Å². The van der Waals surface area contributed by atoms with Crippen LogP contribution >= 0.6 is 17.0 Å². The first-order valence-corrected chi connectivity index (χ1v) is 7.07. The minimum absolute atomic E-state index is 0. The van der Waals surface area contributed by atoms with E-state index >= 15 is 0 Å². The molecule has 0 amide bonds. The molecule has 0 saturated heterocycles. The summed E-state index contributed by atoms with van der Waals surface area (Å²) in [5.41, 5.74) is 3.66. The van der Waals surface area contributed by atoms with Gasteiger partial charge < -0.3 is 10.0 Å². The minimum Gasteiger partial charge on any atom is -0.423 e. The molecular formula is C17H17BBrN2O2+. The number of hydrogen-bond donors (Lipinski definition) is 2. The van der Waals surface area contributed by atoms with Crippen LogP contribution in [0.4, 0.5) is 0 Å². The number of benzene rings is 1. The highest BCUT2D eigenvalue weighted by Gasteiger charge is 2.17. The quantitative estimate of drug-likeness (QED) is 0.537. The van der Waals surface area contributed by atoms with E-state index in [2.05, 4.69) is 4.98 Å². The summed E-state index contributed by atoms with van der Waals surface area (Å²) < 4.78 is 2.01. The molecule has 0 spiro atoms. The number of halogens is 1. The van der Waals surface area contributed by atoms with Crippen molar-refractivity contribution in [3.05, 3.63) is 78.9 Å². The lowest BCUT2D eigenvalue weighted by atomic mass is 9.77. The fourth-order valence-electron chi connectivity index (χ4n) is 2.43. The van der Waals surface area contributed by atoms with Crippen molar-refractivity contribution in [3.63, 3.8) is 0 Å². The monoisotopic (exact) mass is 371 g/mol. The molecule has 116 valence electrons. The first-order valence-electron chi connectivity index (χ1n) is 7.07. The zero-order chi connectivity index (χ0) is 15.4. The lowest BCUT2D eigenvalue weighted by molar-refractivity contribution is -0.688. The fraction of sp³-hybridized carbons (Fsp3) is 0.0588. The van der Waals surface area contributed by atoms with Gasteiger partial charge in [-0.3, -0.25) is 4.98 Å². The Morgan fingerprint density at radius 3 is 2.13 bits per heavy atom. The molecule has 0 aliphatic heterocycles.